The molecule has 5 nitrogen and oxygen atoms in total. The summed E-state index contributed by atoms with van der Waals surface area (Å²) in [6.45, 7) is 4.21. The van der Waals surface area contributed by atoms with Crippen molar-refractivity contribution < 1.29 is 18.3 Å². The summed E-state index contributed by atoms with van der Waals surface area (Å²) in [6, 6.07) is 7.04. The fourth-order valence-corrected chi connectivity index (χ4v) is 2.88. The summed E-state index contributed by atoms with van der Waals surface area (Å²) in [7, 11) is -3.25. The predicted molar refractivity (Wildman–Crippen MR) is 83.2 cm³/mol. The van der Waals surface area contributed by atoms with E-state index in [9.17, 15) is 13.2 Å². The van der Waals surface area contributed by atoms with Gasteiger partial charge in [-0.05, 0) is 29.5 Å². The summed E-state index contributed by atoms with van der Waals surface area (Å²) in [6.07, 6.45) is 3.18. The molecule has 1 aromatic rings. The number of carboxylic acids is 1. The molecule has 0 aromatic heterocycles. The van der Waals surface area contributed by atoms with Crippen LogP contribution in [-0.2, 0) is 21.4 Å². The topological polar surface area (TPSA) is 83.5 Å². The molecule has 0 amide bonds. The minimum Gasteiger partial charge on any atom is -0.478 e. The van der Waals surface area contributed by atoms with E-state index in [1.807, 2.05) is 13.8 Å². The Labute approximate surface area is 125 Å². The summed E-state index contributed by atoms with van der Waals surface area (Å²) in [5.74, 6) is -0.525. The molecule has 1 aromatic carbocycles. The monoisotopic (exact) mass is 311 g/mol. The molecule has 0 aliphatic carbocycles. The molecule has 0 aliphatic rings. The summed E-state index contributed by atoms with van der Waals surface area (Å²) in [5, 5.41) is 8.53. The average molecular weight is 311 g/mol. The third-order valence-corrected chi connectivity index (χ3v) is 4.22. The summed E-state index contributed by atoms with van der Waals surface area (Å²) in [4.78, 5) is 10.4. The Morgan fingerprint density at radius 2 is 1.90 bits per heavy atom. The van der Waals surface area contributed by atoms with Crippen LogP contribution in [0.5, 0.6) is 0 Å². The van der Waals surface area contributed by atoms with Gasteiger partial charge in [0.15, 0.2) is 0 Å². The van der Waals surface area contributed by atoms with Gasteiger partial charge in [-0.1, -0.05) is 38.1 Å². The van der Waals surface area contributed by atoms with E-state index in [0.29, 0.717) is 12.3 Å². The van der Waals surface area contributed by atoms with Crippen LogP contribution in [0.3, 0.4) is 0 Å². The van der Waals surface area contributed by atoms with Gasteiger partial charge in [-0.3, -0.25) is 0 Å². The smallest absolute Gasteiger partial charge is 0.328 e. The van der Waals surface area contributed by atoms with Crippen molar-refractivity contribution in [2.75, 3.05) is 5.75 Å². The number of hydrogen-bond donors (Lipinski definition) is 2. The second kappa shape index (κ2) is 7.95. The molecule has 116 valence electrons. The van der Waals surface area contributed by atoms with E-state index in [1.165, 1.54) is 6.08 Å². The molecule has 0 bridgehead atoms. The number of benzene rings is 1. The molecular weight excluding hydrogens is 290 g/mol. The molecule has 0 fully saturated rings. The van der Waals surface area contributed by atoms with Crippen LogP contribution in [0.25, 0.3) is 6.08 Å². The van der Waals surface area contributed by atoms with Crippen LogP contribution >= 0.6 is 0 Å². The van der Waals surface area contributed by atoms with Gasteiger partial charge in [-0.25, -0.2) is 17.9 Å². The van der Waals surface area contributed by atoms with Crippen molar-refractivity contribution in [1.82, 2.24) is 4.72 Å². The molecular formula is C15H21NO4S. The van der Waals surface area contributed by atoms with Crippen molar-refractivity contribution in [3.05, 3.63) is 41.5 Å². The van der Waals surface area contributed by atoms with Crippen LogP contribution < -0.4 is 4.72 Å². The molecule has 1 rings (SSSR count). The molecule has 0 saturated carbocycles. The Morgan fingerprint density at radius 1 is 1.29 bits per heavy atom. The lowest BCUT2D eigenvalue weighted by Crippen LogP contribution is -2.26. The van der Waals surface area contributed by atoms with E-state index in [2.05, 4.69) is 4.72 Å². The number of sulfonamides is 1. The maximum Gasteiger partial charge on any atom is 0.328 e. The van der Waals surface area contributed by atoms with Crippen molar-refractivity contribution >= 4 is 22.1 Å². The molecule has 0 spiro atoms. The third-order valence-electron chi connectivity index (χ3n) is 2.86. The minimum atomic E-state index is -3.25. The first kappa shape index (κ1) is 17.4. The third kappa shape index (κ3) is 7.63. The standard InChI is InChI=1S/C15H21NO4S/c1-12(2)9-10-21(19,20)16-11-14-5-3-13(4-6-14)7-8-15(17)18/h3-8,12,16H,9-11H2,1-2H3,(H,17,18). The SMILES string of the molecule is CC(C)CCS(=O)(=O)NCc1ccc(C=CC(=O)O)cc1. The summed E-state index contributed by atoms with van der Waals surface area (Å²) >= 11 is 0. The Balaban J connectivity index is 2.54. The molecule has 0 saturated heterocycles. The Bertz CT molecular complexity index is 589. The maximum absolute atomic E-state index is 11.8. The van der Waals surface area contributed by atoms with Crippen molar-refractivity contribution in [2.45, 2.75) is 26.8 Å². The van der Waals surface area contributed by atoms with Gasteiger partial charge in [0.05, 0.1) is 5.75 Å². The summed E-state index contributed by atoms with van der Waals surface area (Å²) in [5.41, 5.74) is 1.58. The van der Waals surface area contributed by atoms with Gasteiger partial charge in [0.1, 0.15) is 0 Å². The highest BCUT2D eigenvalue weighted by molar-refractivity contribution is 7.89. The Morgan fingerprint density at radius 3 is 2.43 bits per heavy atom. The lowest BCUT2D eigenvalue weighted by Gasteiger charge is -2.08. The van der Waals surface area contributed by atoms with Crippen LogP contribution in [0.15, 0.2) is 30.3 Å². The zero-order chi connectivity index (χ0) is 15.9. The Kier molecular flexibility index (Phi) is 6.58. The van der Waals surface area contributed by atoms with E-state index in [4.69, 9.17) is 5.11 Å². The van der Waals surface area contributed by atoms with Gasteiger partial charge in [-0.15, -0.1) is 0 Å². The molecule has 2 N–H and O–H groups in total. The second-order valence-corrected chi connectivity index (χ2v) is 7.16. The van der Waals surface area contributed by atoms with Crippen LogP contribution in [0.1, 0.15) is 31.4 Å². The van der Waals surface area contributed by atoms with Crippen molar-refractivity contribution in [2.24, 2.45) is 5.92 Å². The van der Waals surface area contributed by atoms with Gasteiger partial charge in [-0.2, -0.15) is 0 Å². The quantitative estimate of drug-likeness (QED) is 0.721. The minimum absolute atomic E-state index is 0.129. The number of rotatable bonds is 8. The van der Waals surface area contributed by atoms with Gasteiger partial charge in [0.25, 0.3) is 0 Å². The first-order chi connectivity index (χ1) is 9.78. The number of carbonyl (C=O) groups is 1. The highest BCUT2D eigenvalue weighted by atomic mass is 32.2. The lowest BCUT2D eigenvalue weighted by molar-refractivity contribution is -0.131. The maximum atomic E-state index is 11.8. The first-order valence-electron chi connectivity index (χ1n) is 6.76. The highest BCUT2D eigenvalue weighted by Gasteiger charge is 2.10. The van der Waals surface area contributed by atoms with Crippen LogP contribution in [0.4, 0.5) is 0 Å². The second-order valence-electron chi connectivity index (χ2n) is 5.24. The van der Waals surface area contributed by atoms with Crippen LogP contribution in [0.2, 0.25) is 0 Å². The number of nitrogens with one attached hydrogen (secondary N) is 1. The van der Waals surface area contributed by atoms with Crippen molar-refractivity contribution in [1.29, 1.82) is 0 Å². The molecule has 0 heterocycles. The normalized spacial score (nSPS) is 12.1. The average Bonchev–Trinajstić information content (AvgIpc) is 2.42. The van der Waals surface area contributed by atoms with Gasteiger partial charge in [0, 0.05) is 12.6 Å². The van der Waals surface area contributed by atoms with Crippen LogP contribution in [-0.4, -0.2) is 25.2 Å². The zero-order valence-electron chi connectivity index (χ0n) is 12.2. The molecule has 21 heavy (non-hydrogen) atoms. The van der Waals surface area contributed by atoms with E-state index in [0.717, 1.165) is 17.2 Å². The van der Waals surface area contributed by atoms with Crippen molar-refractivity contribution in [3.8, 4) is 0 Å². The first-order valence-corrected chi connectivity index (χ1v) is 8.41. The molecule has 0 radical (unpaired) electrons. The number of hydrogen-bond acceptors (Lipinski definition) is 3. The van der Waals surface area contributed by atoms with Gasteiger partial charge < -0.3 is 5.11 Å². The summed E-state index contributed by atoms with van der Waals surface area (Å²) < 4.78 is 26.1. The highest BCUT2D eigenvalue weighted by Crippen LogP contribution is 2.07. The molecule has 0 unspecified atom stereocenters. The van der Waals surface area contributed by atoms with E-state index >= 15 is 0 Å². The fourth-order valence-electron chi connectivity index (χ4n) is 1.57. The molecule has 6 heteroatoms. The van der Waals surface area contributed by atoms with E-state index in [-0.39, 0.29) is 12.3 Å². The van der Waals surface area contributed by atoms with Gasteiger partial charge in [0.2, 0.25) is 10.0 Å². The molecule has 0 atom stereocenters. The molecule has 0 aliphatic heterocycles. The lowest BCUT2D eigenvalue weighted by atomic mass is 10.1. The number of aliphatic carboxylic acids is 1. The van der Waals surface area contributed by atoms with Crippen LogP contribution in [0, 0.1) is 5.92 Å². The fraction of sp³-hybridized carbons (Fsp3) is 0.400. The Hall–Kier alpha value is -1.66. The largest absolute Gasteiger partial charge is 0.478 e. The van der Waals surface area contributed by atoms with Gasteiger partial charge >= 0.3 is 5.97 Å². The zero-order valence-corrected chi connectivity index (χ0v) is 13.1. The number of carboxylic acid groups (broad SMARTS) is 1. The van der Waals surface area contributed by atoms with Crippen molar-refractivity contribution in [3.63, 3.8) is 0 Å². The van der Waals surface area contributed by atoms with E-state index in [1.54, 1.807) is 24.3 Å². The van der Waals surface area contributed by atoms with E-state index < -0.39 is 16.0 Å². The predicted octanol–water partition coefficient (Wildman–Crippen LogP) is 2.25.